The Labute approximate surface area is 174 Å². The summed E-state index contributed by atoms with van der Waals surface area (Å²) in [5.41, 5.74) is 3.62. The second-order valence-corrected chi connectivity index (χ2v) is 9.66. The highest BCUT2D eigenvalue weighted by atomic mass is 79.9. The third-order valence-corrected chi connectivity index (χ3v) is 7.45. The number of rotatable bonds is 4. The maximum absolute atomic E-state index is 13.7. The number of benzene rings is 3. The maximum Gasteiger partial charge on any atom is 0.264 e. The average Bonchev–Trinajstić information content (AvgIpc) is 3.03. The summed E-state index contributed by atoms with van der Waals surface area (Å²) >= 11 is 3.52. The molecule has 3 aromatic carbocycles. The first kappa shape index (κ1) is 19.0. The van der Waals surface area contributed by atoms with Crippen LogP contribution in [0.2, 0.25) is 0 Å². The smallest absolute Gasteiger partial charge is 0.258 e. The van der Waals surface area contributed by atoms with E-state index < -0.39 is 16.1 Å². The van der Waals surface area contributed by atoms with Gasteiger partial charge in [-0.15, -0.1) is 6.58 Å². The Balaban J connectivity index is 1.95. The minimum absolute atomic E-state index is 0.134. The van der Waals surface area contributed by atoms with E-state index >= 15 is 0 Å². The van der Waals surface area contributed by atoms with E-state index in [1.807, 2.05) is 73.7 Å². The van der Waals surface area contributed by atoms with E-state index in [-0.39, 0.29) is 10.8 Å². The van der Waals surface area contributed by atoms with Crippen LogP contribution in [-0.2, 0) is 10.0 Å². The second kappa shape index (κ2) is 7.22. The molecule has 2 atom stereocenters. The molecule has 3 aromatic rings. The molecule has 1 aliphatic heterocycles. The quantitative estimate of drug-likeness (QED) is 0.455. The zero-order valence-corrected chi connectivity index (χ0v) is 17.8. The van der Waals surface area contributed by atoms with Crippen LogP contribution in [0, 0.1) is 6.92 Å². The van der Waals surface area contributed by atoms with Gasteiger partial charge in [0.05, 0.1) is 16.6 Å². The lowest BCUT2D eigenvalue weighted by Gasteiger charge is -2.29. The minimum Gasteiger partial charge on any atom is -0.258 e. The zero-order valence-electron chi connectivity index (χ0n) is 15.4. The molecule has 0 saturated heterocycles. The number of fused-ring (bicyclic) bond motifs is 1. The minimum atomic E-state index is -3.75. The monoisotopic (exact) mass is 453 g/mol. The van der Waals surface area contributed by atoms with Gasteiger partial charge < -0.3 is 0 Å². The van der Waals surface area contributed by atoms with Gasteiger partial charge >= 0.3 is 0 Å². The number of anilines is 1. The van der Waals surface area contributed by atoms with Crippen molar-refractivity contribution in [3.05, 3.63) is 107 Å². The van der Waals surface area contributed by atoms with Gasteiger partial charge in [-0.25, -0.2) is 8.42 Å². The fraction of sp³-hybridized carbons (Fsp3) is 0.130. The summed E-state index contributed by atoms with van der Waals surface area (Å²) in [6.45, 7) is 5.95. The van der Waals surface area contributed by atoms with Crippen LogP contribution >= 0.6 is 15.9 Å². The van der Waals surface area contributed by atoms with E-state index in [2.05, 4.69) is 22.5 Å². The van der Waals surface area contributed by atoms with Crippen molar-refractivity contribution in [3.8, 4) is 0 Å². The topological polar surface area (TPSA) is 37.4 Å². The number of hydrogen-bond acceptors (Lipinski definition) is 2. The summed E-state index contributed by atoms with van der Waals surface area (Å²) < 4.78 is 29.9. The van der Waals surface area contributed by atoms with Crippen LogP contribution in [0.15, 0.2) is 94.8 Å². The Bertz CT molecular complexity index is 1140. The number of para-hydroxylation sites is 1. The Morgan fingerprint density at radius 2 is 1.71 bits per heavy atom. The SMILES string of the molecule is C=C[C@H]1c2ccccc2N(S(=O)(=O)c2ccc(C)cc2)[C@@H]1c1cccc(Br)c1. The fourth-order valence-electron chi connectivity index (χ4n) is 3.83. The molecule has 0 aliphatic carbocycles. The van der Waals surface area contributed by atoms with E-state index in [0.717, 1.165) is 21.2 Å². The standard InChI is InChI=1S/C23H20BrNO2S/c1-3-20-21-9-4-5-10-22(21)25(23(20)17-7-6-8-18(24)15-17)28(26,27)19-13-11-16(2)12-14-19/h3-15,20,23H,1H2,2H3/t20-,23+/m0/s1. The maximum atomic E-state index is 13.7. The van der Waals surface area contributed by atoms with Gasteiger partial charge in [0.2, 0.25) is 0 Å². The summed E-state index contributed by atoms with van der Waals surface area (Å²) in [6.07, 6.45) is 1.84. The van der Waals surface area contributed by atoms with Crippen LogP contribution in [0.5, 0.6) is 0 Å². The normalized spacial score (nSPS) is 18.7. The molecule has 3 nitrogen and oxygen atoms in total. The molecule has 0 amide bonds. The van der Waals surface area contributed by atoms with Crippen LogP contribution in [-0.4, -0.2) is 8.42 Å². The summed E-state index contributed by atoms with van der Waals surface area (Å²) in [4.78, 5) is 0.289. The molecule has 5 heteroatoms. The summed E-state index contributed by atoms with van der Waals surface area (Å²) in [5, 5.41) is 0. The molecule has 142 valence electrons. The Hall–Kier alpha value is -2.37. The van der Waals surface area contributed by atoms with Gasteiger partial charge in [0.1, 0.15) is 0 Å². The Morgan fingerprint density at radius 1 is 1.00 bits per heavy atom. The summed E-state index contributed by atoms with van der Waals surface area (Å²) in [7, 11) is -3.75. The van der Waals surface area contributed by atoms with Gasteiger partial charge in [-0.1, -0.05) is 70.0 Å². The van der Waals surface area contributed by atoms with Crippen molar-refractivity contribution < 1.29 is 8.42 Å². The molecule has 0 unspecified atom stereocenters. The molecule has 28 heavy (non-hydrogen) atoms. The lowest BCUT2D eigenvalue weighted by molar-refractivity contribution is 0.576. The van der Waals surface area contributed by atoms with E-state index in [1.165, 1.54) is 0 Å². The van der Waals surface area contributed by atoms with E-state index in [0.29, 0.717) is 5.69 Å². The molecule has 0 fully saturated rings. The van der Waals surface area contributed by atoms with Crippen LogP contribution in [0.4, 0.5) is 5.69 Å². The third-order valence-electron chi connectivity index (χ3n) is 5.15. The van der Waals surface area contributed by atoms with Crippen LogP contribution in [0.25, 0.3) is 0 Å². The number of hydrogen-bond donors (Lipinski definition) is 0. The second-order valence-electron chi connectivity index (χ2n) is 6.93. The number of nitrogens with zero attached hydrogens (tertiary/aromatic N) is 1. The molecule has 0 spiro atoms. The molecular formula is C23H20BrNO2S. The van der Waals surface area contributed by atoms with Gasteiger partial charge in [-0.2, -0.15) is 0 Å². The van der Waals surface area contributed by atoms with Crippen molar-refractivity contribution >= 4 is 31.6 Å². The van der Waals surface area contributed by atoms with Gasteiger partial charge in [-0.3, -0.25) is 4.31 Å². The first-order valence-electron chi connectivity index (χ1n) is 9.01. The van der Waals surface area contributed by atoms with Crippen LogP contribution in [0.3, 0.4) is 0 Å². The fourth-order valence-corrected chi connectivity index (χ4v) is 5.93. The van der Waals surface area contributed by atoms with Crippen LogP contribution in [0.1, 0.15) is 28.7 Å². The van der Waals surface area contributed by atoms with E-state index in [9.17, 15) is 8.42 Å². The number of halogens is 1. The highest BCUT2D eigenvalue weighted by molar-refractivity contribution is 9.10. The predicted octanol–water partition coefficient (Wildman–Crippen LogP) is 5.98. The first-order chi connectivity index (χ1) is 13.4. The van der Waals surface area contributed by atoms with Gasteiger partial charge in [0.25, 0.3) is 10.0 Å². The third kappa shape index (κ3) is 3.09. The van der Waals surface area contributed by atoms with E-state index in [4.69, 9.17) is 0 Å². The Morgan fingerprint density at radius 3 is 2.39 bits per heavy atom. The predicted molar refractivity (Wildman–Crippen MR) is 117 cm³/mol. The van der Waals surface area contributed by atoms with Crippen molar-refractivity contribution in [2.45, 2.75) is 23.8 Å². The zero-order chi connectivity index (χ0) is 19.9. The summed E-state index contributed by atoms with van der Waals surface area (Å²) in [6, 6.07) is 22.1. The van der Waals surface area contributed by atoms with Crippen LogP contribution < -0.4 is 4.31 Å². The van der Waals surface area contributed by atoms with Crippen molar-refractivity contribution in [1.29, 1.82) is 0 Å². The Kier molecular flexibility index (Phi) is 4.89. The molecule has 4 rings (SSSR count). The molecule has 0 bridgehead atoms. The van der Waals surface area contributed by atoms with Crippen molar-refractivity contribution in [3.63, 3.8) is 0 Å². The highest BCUT2D eigenvalue weighted by Gasteiger charge is 2.44. The lowest BCUT2D eigenvalue weighted by atomic mass is 9.91. The molecule has 1 heterocycles. The average molecular weight is 454 g/mol. The van der Waals surface area contributed by atoms with E-state index in [1.54, 1.807) is 16.4 Å². The molecule has 0 aromatic heterocycles. The molecule has 0 radical (unpaired) electrons. The number of aryl methyl sites for hydroxylation is 1. The molecule has 0 N–H and O–H groups in total. The van der Waals surface area contributed by atoms with Crippen molar-refractivity contribution in [1.82, 2.24) is 0 Å². The molecule has 0 saturated carbocycles. The highest BCUT2D eigenvalue weighted by Crippen LogP contribution is 2.52. The molecular weight excluding hydrogens is 434 g/mol. The van der Waals surface area contributed by atoms with Crippen molar-refractivity contribution in [2.75, 3.05) is 4.31 Å². The van der Waals surface area contributed by atoms with Crippen molar-refractivity contribution in [2.24, 2.45) is 0 Å². The number of sulfonamides is 1. The molecule has 1 aliphatic rings. The largest absolute Gasteiger partial charge is 0.264 e. The lowest BCUT2D eigenvalue weighted by Crippen LogP contribution is -2.33. The van der Waals surface area contributed by atoms with Gasteiger partial charge in [0.15, 0.2) is 0 Å². The van der Waals surface area contributed by atoms with Gasteiger partial charge in [-0.05, 0) is 48.4 Å². The first-order valence-corrected chi connectivity index (χ1v) is 11.2. The summed E-state index contributed by atoms with van der Waals surface area (Å²) in [5.74, 6) is -0.134. The van der Waals surface area contributed by atoms with Gasteiger partial charge in [0, 0.05) is 10.4 Å².